The Labute approximate surface area is 101 Å². The largest absolute Gasteiger partial charge is 0.385 e. The number of aliphatic hydroxyl groups excluding tert-OH is 1. The Hall–Kier alpha value is -0.380. The highest BCUT2D eigenvalue weighted by Crippen LogP contribution is 2.43. The van der Waals surface area contributed by atoms with Crippen LogP contribution in [0.5, 0.6) is 0 Å². The van der Waals surface area contributed by atoms with E-state index in [1.165, 1.54) is 17.7 Å². The van der Waals surface area contributed by atoms with Crippen molar-refractivity contribution in [1.29, 1.82) is 0 Å². The van der Waals surface area contributed by atoms with Crippen LogP contribution in [0.15, 0.2) is 11.4 Å². The van der Waals surface area contributed by atoms with Gasteiger partial charge >= 0.3 is 0 Å². The number of hydrogen-bond acceptors (Lipinski definition) is 3. The molecule has 1 heterocycles. The number of hydrogen-bond donors (Lipinski definition) is 1. The molecule has 1 aromatic rings. The molecule has 1 aliphatic carbocycles. The maximum Gasteiger partial charge on any atom is 0.109 e. The summed E-state index contributed by atoms with van der Waals surface area (Å²) in [6.45, 7) is 4.76. The average Bonchev–Trinajstić information content (AvgIpc) is 2.87. The van der Waals surface area contributed by atoms with E-state index < -0.39 is 6.10 Å². The molecule has 1 saturated carbocycles. The predicted octanol–water partition coefficient (Wildman–Crippen LogP) is 3.44. The molecule has 90 valence electrons. The van der Waals surface area contributed by atoms with Gasteiger partial charge in [-0.3, -0.25) is 0 Å². The lowest BCUT2D eigenvalue weighted by Gasteiger charge is -2.33. The monoisotopic (exact) mass is 240 g/mol. The van der Waals surface area contributed by atoms with Crippen molar-refractivity contribution in [1.82, 2.24) is 0 Å². The predicted molar refractivity (Wildman–Crippen MR) is 66.8 cm³/mol. The first-order valence-corrected chi connectivity index (χ1v) is 6.93. The van der Waals surface area contributed by atoms with Crippen LogP contribution in [0.3, 0.4) is 0 Å². The first-order valence-electron chi connectivity index (χ1n) is 6.05. The van der Waals surface area contributed by atoms with Crippen molar-refractivity contribution in [3.05, 3.63) is 21.9 Å². The second-order valence-corrected chi connectivity index (χ2v) is 5.71. The van der Waals surface area contributed by atoms with E-state index in [9.17, 15) is 5.11 Å². The number of thiophene rings is 1. The normalized spacial score (nSPS) is 21.2. The maximum atomic E-state index is 10.5. The smallest absolute Gasteiger partial charge is 0.109 e. The molecule has 1 aromatic heterocycles. The summed E-state index contributed by atoms with van der Waals surface area (Å²) in [6, 6.07) is 2.08. The molecule has 0 spiro atoms. The van der Waals surface area contributed by atoms with Crippen molar-refractivity contribution < 1.29 is 9.84 Å². The average molecular weight is 240 g/mol. The van der Waals surface area contributed by atoms with Gasteiger partial charge in [0.05, 0.1) is 5.60 Å². The highest BCUT2D eigenvalue weighted by molar-refractivity contribution is 7.10. The van der Waals surface area contributed by atoms with Gasteiger partial charge in [-0.25, -0.2) is 0 Å². The lowest BCUT2D eigenvalue weighted by Crippen LogP contribution is -2.36. The third-order valence-electron chi connectivity index (χ3n) is 3.45. The van der Waals surface area contributed by atoms with Gasteiger partial charge in [-0.05, 0) is 43.7 Å². The van der Waals surface area contributed by atoms with Gasteiger partial charge in [-0.1, -0.05) is 12.8 Å². The second-order valence-electron chi connectivity index (χ2n) is 4.60. The molecule has 1 unspecified atom stereocenters. The molecule has 1 N–H and O–H groups in total. The molecule has 2 nitrogen and oxygen atoms in total. The van der Waals surface area contributed by atoms with Crippen LogP contribution in [-0.2, 0) is 4.74 Å². The highest BCUT2D eigenvalue weighted by atomic mass is 32.1. The van der Waals surface area contributed by atoms with Gasteiger partial charge in [-0.15, -0.1) is 11.3 Å². The molecule has 0 aromatic carbocycles. The van der Waals surface area contributed by atoms with E-state index in [4.69, 9.17) is 4.74 Å². The van der Waals surface area contributed by atoms with Crippen molar-refractivity contribution in [3.63, 3.8) is 0 Å². The summed E-state index contributed by atoms with van der Waals surface area (Å²) in [4.78, 5) is 1.25. The van der Waals surface area contributed by atoms with Crippen molar-refractivity contribution in [2.24, 2.45) is 0 Å². The lowest BCUT2D eigenvalue weighted by molar-refractivity contribution is -0.118. The van der Waals surface area contributed by atoms with Crippen molar-refractivity contribution in [2.75, 3.05) is 6.61 Å². The fourth-order valence-electron chi connectivity index (χ4n) is 2.67. The molecule has 0 radical (unpaired) electrons. The zero-order valence-corrected chi connectivity index (χ0v) is 10.8. The zero-order valence-electron chi connectivity index (χ0n) is 10.0. The van der Waals surface area contributed by atoms with E-state index in [1.54, 1.807) is 11.3 Å². The molecule has 0 saturated heterocycles. The van der Waals surface area contributed by atoms with Crippen LogP contribution < -0.4 is 0 Å². The summed E-state index contributed by atoms with van der Waals surface area (Å²) >= 11 is 1.69. The van der Waals surface area contributed by atoms with E-state index in [0.29, 0.717) is 6.61 Å². The van der Waals surface area contributed by atoms with Crippen LogP contribution in [0.1, 0.15) is 49.2 Å². The first kappa shape index (κ1) is 12.1. The van der Waals surface area contributed by atoms with Gasteiger partial charge in [0, 0.05) is 11.5 Å². The summed E-state index contributed by atoms with van der Waals surface area (Å²) in [7, 11) is 0. The fraction of sp³-hybridized carbons (Fsp3) is 0.692. The first-order chi connectivity index (χ1) is 7.68. The standard InChI is InChI=1S/C13H20O2S/c1-3-15-13(6-4-5-7-13)12(14)11-8-10(2)16-9-11/h8-9,12,14H,3-7H2,1-2H3. The minimum absolute atomic E-state index is 0.317. The Morgan fingerprint density at radius 1 is 1.50 bits per heavy atom. The van der Waals surface area contributed by atoms with Crippen LogP contribution in [0.4, 0.5) is 0 Å². The SMILES string of the molecule is CCOC1(C(O)c2csc(C)c2)CCCC1. The van der Waals surface area contributed by atoms with Crippen LogP contribution in [0.2, 0.25) is 0 Å². The summed E-state index contributed by atoms with van der Waals surface area (Å²) in [5.41, 5.74) is 0.709. The Balaban J connectivity index is 2.20. The Morgan fingerprint density at radius 3 is 2.69 bits per heavy atom. The summed E-state index contributed by atoms with van der Waals surface area (Å²) < 4.78 is 5.87. The minimum atomic E-state index is -0.458. The molecule has 1 aliphatic rings. The molecule has 0 amide bonds. The highest BCUT2D eigenvalue weighted by Gasteiger charge is 2.42. The van der Waals surface area contributed by atoms with Crippen LogP contribution >= 0.6 is 11.3 Å². The van der Waals surface area contributed by atoms with Gasteiger partial charge in [0.15, 0.2) is 0 Å². The van der Waals surface area contributed by atoms with Gasteiger partial charge in [0.1, 0.15) is 6.10 Å². The van der Waals surface area contributed by atoms with E-state index in [2.05, 4.69) is 18.4 Å². The third kappa shape index (κ3) is 2.17. The summed E-state index contributed by atoms with van der Waals surface area (Å²) in [5.74, 6) is 0. The molecule has 0 aliphatic heterocycles. The Kier molecular flexibility index (Phi) is 3.67. The van der Waals surface area contributed by atoms with Gasteiger partial charge in [0.25, 0.3) is 0 Å². The van der Waals surface area contributed by atoms with Crippen LogP contribution in [-0.4, -0.2) is 17.3 Å². The molecule has 3 heteroatoms. The molecular weight excluding hydrogens is 220 g/mol. The quantitative estimate of drug-likeness (QED) is 0.873. The second kappa shape index (κ2) is 4.86. The third-order valence-corrected chi connectivity index (χ3v) is 4.33. The number of aryl methyl sites for hydroxylation is 1. The van der Waals surface area contributed by atoms with Gasteiger partial charge in [-0.2, -0.15) is 0 Å². The minimum Gasteiger partial charge on any atom is -0.385 e. The molecule has 0 bridgehead atoms. The van der Waals surface area contributed by atoms with E-state index in [1.807, 2.05) is 6.92 Å². The van der Waals surface area contributed by atoms with E-state index in [-0.39, 0.29) is 5.60 Å². The lowest BCUT2D eigenvalue weighted by atomic mass is 9.90. The van der Waals surface area contributed by atoms with Gasteiger partial charge < -0.3 is 9.84 Å². The van der Waals surface area contributed by atoms with Crippen molar-refractivity contribution in [3.8, 4) is 0 Å². The topological polar surface area (TPSA) is 29.5 Å². The van der Waals surface area contributed by atoms with Crippen molar-refractivity contribution in [2.45, 2.75) is 51.2 Å². The molecule has 1 fully saturated rings. The molecule has 2 rings (SSSR count). The van der Waals surface area contributed by atoms with Crippen LogP contribution in [0, 0.1) is 6.92 Å². The summed E-state index contributed by atoms with van der Waals surface area (Å²) in [6.07, 6.45) is 3.84. The Morgan fingerprint density at radius 2 is 2.19 bits per heavy atom. The number of ether oxygens (including phenoxy) is 1. The van der Waals surface area contributed by atoms with Crippen LogP contribution in [0.25, 0.3) is 0 Å². The zero-order chi connectivity index (χ0) is 11.6. The van der Waals surface area contributed by atoms with E-state index >= 15 is 0 Å². The number of rotatable bonds is 4. The fourth-order valence-corrected chi connectivity index (χ4v) is 3.39. The Bertz CT molecular complexity index is 339. The summed E-state index contributed by atoms with van der Waals surface area (Å²) in [5, 5.41) is 12.6. The molecule has 1 atom stereocenters. The molecular formula is C13H20O2S. The van der Waals surface area contributed by atoms with E-state index in [0.717, 1.165) is 18.4 Å². The van der Waals surface area contributed by atoms with Gasteiger partial charge in [0.2, 0.25) is 0 Å². The molecule has 16 heavy (non-hydrogen) atoms. The number of aliphatic hydroxyl groups is 1. The van der Waals surface area contributed by atoms with Crippen molar-refractivity contribution >= 4 is 11.3 Å². The maximum absolute atomic E-state index is 10.5.